The third kappa shape index (κ3) is 3.09. The molecule has 0 radical (unpaired) electrons. The fourth-order valence-electron chi connectivity index (χ4n) is 0.987. The lowest BCUT2D eigenvalue weighted by molar-refractivity contribution is -0.0386. The van der Waals surface area contributed by atoms with Gasteiger partial charge in [-0.3, -0.25) is 0 Å². The van der Waals surface area contributed by atoms with Gasteiger partial charge in [0.05, 0.1) is 6.07 Å². The predicted molar refractivity (Wildman–Crippen MR) is 47.2 cm³/mol. The van der Waals surface area contributed by atoms with Gasteiger partial charge in [0.25, 0.3) is 0 Å². The average Bonchev–Trinajstić information content (AvgIpc) is 2.60. The van der Waals surface area contributed by atoms with Crippen LogP contribution >= 0.6 is 0 Å². The van der Waals surface area contributed by atoms with E-state index < -0.39 is 16.3 Å². The number of aromatic amines is 1. The molecule has 0 spiro atoms. The Morgan fingerprint density at radius 2 is 2.13 bits per heavy atom. The predicted octanol–water partition coefficient (Wildman–Crippen LogP) is 2.10. The van der Waals surface area contributed by atoms with Crippen LogP contribution in [0.3, 0.4) is 0 Å². The molecule has 1 aromatic rings. The van der Waals surface area contributed by atoms with Crippen LogP contribution in [0, 0.1) is 11.3 Å². The van der Waals surface area contributed by atoms with Crippen molar-refractivity contribution in [3.8, 4) is 6.07 Å². The van der Waals surface area contributed by atoms with Gasteiger partial charge >= 0.3 is 5.51 Å². The molecule has 0 aromatic carbocycles. The number of hydrogen-bond donors (Lipinski definition) is 1. The molecule has 3 nitrogen and oxygen atoms in total. The number of aromatic nitrogens is 1. The lowest BCUT2D eigenvalue weighted by Gasteiger charge is -2.03. The van der Waals surface area contributed by atoms with Crippen molar-refractivity contribution in [2.45, 2.75) is 23.4 Å². The first-order chi connectivity index (χ1) is 6.95. The maximum absolute atomic E-state index is 12.0. The summed E-state index contributed by atoms with van der Waals surface area (Å²) < 4.78 is 46.9. The molecular weight excluding hydrogens is 229 g/mol. The second-order valence-corrected chi connectivity index (χ2v) is 4.16. The molecule has 0 aliphatic carbocycles. The summed E-state index contributed by atoms with van der Waals surface area (Å²) in [6.07, 6.45) is 0.532. The zero-order valence-corrected chi connectivity index (χ0v) is 8.28. The van der Waals surface area contributed by atoms with Crippen molar-refractivity contribution < 1.29 is 17.4 Å². The zero-order valence-electron chi connectivity index (χ0n) is 7.47. The van der Waals surface area contributed by atoms with Gasteiger partial charge in [-0.25, -0.2) is 4.21 Å². The average molecular weight is 236 g/mol. The molecule has 82 valence electrons. The summed E-state index contributed by atoms with van der Waals surface area (Å²) in [6, 6.07) is 4.39. The molecule has 1 atom stereocenters. The van der Waals surface area contributed by atoms with Crippen LogP contribution in [0.1, 0.15) is 12.1 Å². The Morgan fingerprint density at radius 3 is 2.67 bits per heavy atom. The Balaban J connectivity index is 2.77. The molecule has 1 rings (SSSR count). The third-order valence-electron chi connectivity index (χ3n) is 1.64. The minimum absolute atomic E-state index is 0.207. The van der Waals surface area contributed by atoms with E-state index in [9.17, 15) is 17.4 Å². The maximum Gasteiger partial charge on any atom is 0.477 e. The van der Waals surface area contributed by atoms with E-state index in [2.05, 4.69) is 4.98 Å². The summed E-state index contributed by atoms with van der Waals surface area (Å²) in [6.45, 7) is 0. The normalized spacial score (nSPS) is 13.5. The molecule has 1 unspecified atom stereocenters. The first-order valence-corrected chi connectivity index (χ1v) is 5.13. The summed E-state index contributed by atoms with van der Waals surface area (Å²) in [4.78, 5) is 2.38. The number of H-pyrrole nitrogens is 1. The SMILES string of the molecule is N#CCCc1ccc(S(=O)C(F)(F)F)[nH]1. The monoisotopic (exact) mass is 236 g/mol. The molecule has 1 aromatic heterocycles. The summed E-state index contributed by atoms with van der Waals surface area (Å²) in [5, 5.41) is 7.89. The van der Waals surface area contributed by atoms with Crippen LogP contribution in [-0.4, -0.2) is 14.7 Å². The number of rotatable bonds is 3. The van der Waals surface area contributed by atoms with Crippen molar-refractivity contribution in [1.82, 2.24) is 4.98 Å². The molecule has 0 saturated heterocycles. The zero-order chi connectivity index (χ0) is 11.5. The Kier molecular flexibility index (Phi) is 3.52. The molecule has 0 amide bonds. The lowest BCUT2D eigenvalue weighted by Crippen LogP contribution is -2.16. The Bertz CT molecular complexity index is 405. The minimum Gasteiger partial charge on any atom is -0.351 e. The first-order valence-electron chi connectivity index (χ1n) is 3.98. The number of nitrogens with one attached hydrogen (secondary N) is 1. The Morgan fingerprint density at radius 1 is 1.47 bits per heavy atom. The number of halogens is 3. The summed E-state index contributed by atoms with van der Waals surface area (Å²) >= 11 is 0. The van der Waals surface area contributed by atoms with E-state index in [1.54, 1.807) is 0 Å². The van der Waals surface area contributed by atoms with Gasteiger partial charge in [-0.2, -0.15) is 18.4 Å². The van der Waals surface area contributed by atoms with Crippen LogP contribution < -0.4 is 0 Å². The largest absolute Gasteiger partial charge is 0.477 e. The Hall–Kier alpha value is -1.29. The first kappa shape index (κ1) is 11.8. The van der Waals surface area contributed by atoms with Crippen LogP contribution in [0.4, 0.5) is 13.2 Å². The van der Waals surface area contributed by atoms with Gasteiger partial charge in [0.2, 0.25) is 0 Å². The van der Waals surface area contributed by atoms with Crippen molar-refractivity contribution in [2.75, 3.05) is 0 Å². The van der Waals surface area contributed by atoms with Gasteiger partial charge in [-0.15, -0.1) is 0 Å². The van der Waals surface area contributed by atoms with Gasteiger partial charge in [-0.1, -0.05) is 0 Å². The van der Waals surface area contributed by atoms with Crippen molar-refractivity contribution in [3.63, 3.8) is 0 Å². The molecule has 15 heavy (non-hydrogen) atoms. The second kappa shape index (κ2) is 4.49. The molecule has 0 saturated carbocycles. The molecule has 1 heterocycles. The van der Waals surface area contributed by atoms with Gasteiger partial charge in [0, 0.05) is 18.5 Å². The van der Waals surface area contributed by atoms with Crippen LogP contribution in [0.2, 0.25) is 0 Å². The van der Waals surface area contributed by atoms with E-state index >= 15 is 0 Å². The Labute approximate surface area is 86.4 Å². The number of alkyl halides is 3. The molecule has 0 aliphatic rings. The number of nitriles is 1. The van der Waals surface area contributed by atoms with Crippen LogP contribution in [0.5, 0.6) is 0 Å². The van der Waals surface area contributed by atoms with Gasteiger partial charge < -0.3 is 4.98 Å². The number of hydrogen-bond acceptors (Lipinski definition) is 2. The molecule has 7 heteroatoms. The highest BCUT2D eigenvalue weighted by Crippen LogP contribution is 2.25. The second-order valence-electron chi connectivity index (χ2n) is 2.72. The molecule has 0 fully saturated rings. The van der Waals surface area contributed by atoms with E-state index in [1.165, 1.54) is 6.07 Å². The minimum atomic E-state index is -4.75. The quantitative estimate of drug-likeness (QED) is 0.873. The maximum atomic E-state index is 12.0. The molecule has 0 bridgehead atoms. The highest BCUT2D eigenvalue weighted by atomic mass is 32.2. The van der Waals surface area contributed by atoms with Crippen LogP contribution in [-0.2, 0) is 17.2 Å². The van der Waals surface area contributed by atoms with Crippen molar-refractivity contribution in [2.24, 2.45) is 0 Å². The van der Waals surface area contributed by atoms with Gasteiger partial charge in [0.15, 0.2) is 10.8 Å². The van der Waals surface area contributed by atoms with Crippen LogP contribution in [0.15, 0.2) is 17.2 Å². The standard InChI is InChI=1S/C8H7F3N2OS/c9-8(10,11)15(14)7-4-3-6(13-7)2-1-5-12/h3-4,13H,1-2H2. The molecule has 0 aliphatic heterocycles. The highest BCUT2D eigenvalue weighted by molar-refractivity contribution is 7.85. The fourth-order valence-corrected chi connectivity index (χ4v) is 1.65. The number of aryl methyl sites for hydroxylation is 1. The summed E-state index contributed by atoms with van der Waals surface area (Å²) in [5.74, 6) is 0. The van der Waals surface area contributed by atoms with E-state index in [0.29, 0.717) is 12.1 Å². The van der Waals surface area contributed by atoms with Crippen LogP contribution in [0.25, 0.3) is 0 Å². The topological polar surface area (TPSA) is 56.6 Å². The van der Waals surface area contributed by atoms with Gasteiger partial charge in [-0.05, 0) is 12.1 Å². The van der Waals surface area contributed by atoms with Gasteiger partial charge in [0.1, 0.15) is 5.03 Å². The summed E-state index contributed by atoms with van der Waals surface area (Å²) in [7, 11) is -3.02. The van der Waals surface area contributed by atoms with E-state index in [-0.39, 0.29) is 11.4 Å². The lowest BCUT2D eigenvalue weighted by atomic mass is 10.2. The summed E-state index contributed by atoms with van der Waals surface area (Å²) in [5.41, 5.74) is -4.28. The highest BCUT2D eigenvalue weighted by Gasteiger charge is 2.38. The smallest absolute Gasteiger partial charge is 0.351 e. The van der Waals surface area contributed by atoms with E-state index in [0.717, 1.165) is 6.07 Å². The fraction of sp³-hybridized carbons (Fsp3) is 0.375. The van der Waals surface area contributed by atoms with Crippen molar-refractivity contribution in [1.29, 1.82) is 5.26 Å². The van der Waals surface area contributed by atoms with E-state index in [4.69, 9.17) is 5.26 Å². The molecule has 1 N–H and O–H groups in total. The van der Waals surface area contributed by atoms with Crippen molar-refractivity contribution in [3.05, 3.63) is 17.8 Å². The van der Waals surface area contributed by atoms with Crippen molar-refractivity contribution >= 4 is 10.8 Å². The van der Waals surface area contributed by atoms with E-state index in [1.807, 2.05) is 6.07 Å². The third-order valence-corrected chi connectivity index (χ3v) is 2.69. The molecular formula is C8H7F3N2OS. The number of nitrogens with zero attached hydrogens (tertiary/aromatic N) is 1.